The van der Waals surface area contributed by atoms with E-state index in [-0.39, 0.29) is 49.0 Å². The third-order valence-electron chi connectivity index (χ3n) is 7.70. The number of nitrogens with zero attached hydrogens (tertiary/aromatic N) is 3. The summed E-state index contributed by atoms with van der Waals surface area (Å²) in [7, 11) is -3.80. The Kier molecular flexibility index (Phi) is 7.00. The highest BCUT2D eigenvalue weighted by Gasteiger charge is 2.54. The maximum atomic E-state index is 15.6. The van der Waals surface area contributed by atoms with Gasteiger partial charge in [-0.2, -0.15) is 4.31 Å². The smallest absolute Gasteiger partial charge is 0.232 e. The van der Waals surface area contributed by atoms with Crippen molar-refractivity contribution in [2.45, 2.75) is 68.4 Å². The van der Waals surface area contributed by atoms with Gasteiger partial charge in [0.25, 0.3) is 0 Å². The van der Waals surface area contributed by atoms with Gasteiger partial charge in [0.05, 0.1) is 18.4 Å². The molecule has 2 atom stereocenters. The SMILES string of the molecule is C[C@H]1CC[C@H](c2ccccc2)S(=O)(=O)N1Cc1cc(F)c([C@]2(COc3cnccn3)C[C@](C)(O)C2)cc1F. The predicted octanol–water partition coefficient (Wildman–Crippen LogP) is 4.67. The Hall–Kier alpha value is -2.95. The number of ether oxygens (including phenoxy) is 1. The largest absolute Gasteiger partial charge is 0.476 e. The molecule has 2 fully saturated rings. The van der Waals surface area contributed by atoms with Crippen LogP contribution >= 0.6 is 0 Å². The minimum Gasteiger partial charge on any atom is -0.476 e. The van der Waals surface area contributed by atoms with Gasteiger partial charge in [0.2, 0.25) is 15.9 Å². The number of hydrogen-bond acceptors (Lipinski definition) is 6. The van der Waals surface area contributed by atoms with Gasteiger partial charge in [0, 0.05) is 41.5 Å². The molecule has 38 heavy (non-hydrogen) atoms. The van der Waals surface area contributed by atoms with Crippen molar-refractivity contribution >= 4 is 10.0 Å². The second kappa shape index (κ2) is 9.98. The van der Waals surface area contributed by atoms with Crippen LogP contribution in [0.5, 0.6) is 5.88 Å². The number of benzene rings is 2. The van der Waals surface area contributed by atoms with Crippen LogP contribution in [0, 0.1) is 11.6 Å². The van der Waals surface area contributed by atoms with Crippen LogP contribution in [-0.2, 0) is 22.0 Å². The Morgan fingerprint density at radius 2 is 1.84 bits per heavy atom. The number of sulfonamides is 1. The maximum Gasteiger partial charge on any atom is 0.232 e. The number of aliphatic hydroxyl groups is 1. The standard InChI is InChI=1S/C28H31F2N3O4S/c1-19-8-9-25(20-6-4-3-5-7-20)38(35,36)33(19)15-21-12-24(30)22(13-23(21)29)28(16-27(2,34)17-28)18-37-26-14-31-10-11-32-26/h3-7,10-14,19,25,34H,8-9,15-18H2,1-2H3/t19-,25+,27-,28+/m0/s1. The summed E-state index contributed by atoms with van der Waals surface area (Å²) in [6, 6.07) is 10.8. The minimum atomic E-state index is -3.80. The van der Waals surface area contributed by atoms with E-state index in [9.17, 15) is 13.5 Å². The molecule has 5 rings (SSSR count). The molecule has 1 saturated heterocycles. The van der Waals surface area contributed by atoms with Crippen LogP contribution in [-0.4, -0.2) is 46.0 Å². The Balaban J connectivity index is 1.42. The topological polar surface area (TPSA) is 92.6 Å². The van der Waals surface area contributed by atoms with Gasteiger partial charge in [-0.1, -0.05) is 30.3 Å². The average Bonchev–Trinajstić information content (AvgIpc) is 2.86. The second-order valence-electron chi connectivity index (χ2n) is 10.8. The number of halogens is 2. The summed E-state index contributed by atoms with van der Waals surface area (Å²) in [6.45, 7) is 3.14. The quantitative estimate of drug-likeness (QED) is 0.466. The number of rotatable bonds is 7. The highest BCUT2D eigenvalue weighted by atomic mass is 32.2. The van der Waals surface area contributed by atoms with Crippen molar-refractivity contribution < 1.29 is 27.0 Å². The zero-order valence-electron chi connectivity index (χ0n) is 21.3. The van der Waals surface area contributed by atoms with Gasteiger partial charge in [-0.15, -0.1) is 0 Å². The molecule has 0 amide bonds. The normalized spacial score (nSPS) is 29.0. The molecule has 1 aliphatic heterocycles. The molecule has 0 spiro atoms. The Morgan fingerprint density at radius 1 is 1.11 bits per heavy atom. The first kappa shape index (κ1) is 26.6. The molecular formula is C28H31F2N3O4S. The Labute approximate surface area is 221 Å². The molecule has 2 heterocycles. The van der Waals surface area contributed by atoms with E-state index in [1.54, 1.807) is 38.1 Å². The van der Waals surface area contributed by atoms with E-state index in [1.807, 2.05) is 6.07 Å². The molecule has 3 aromatic rings. The number of aromatic nitrogens is 2. The monoisotopic (exact) mass is 543 g/mol. The summed E-state index contributed by atoms with van der Waals surface area (Å²) in [6.07, 6.45) is 5.81. The predicted molar refractivity (Wildman–Crippen MR) is 138 cm³/mol. The minimum absolute atomic E-state index is 0.0200. The fourth-order valence-corrected chi connectivity index (χ4v) is 8.17. The number of hydrogen-bond donors (Lipinski definition) is 1. The van der Waals surface area contributed by atoms with Gasteiger partial charge in [0.15, 0.2) is 0 Å². The van der Waals surface area contributed by atoms with Crippen LogP contribution in [0.4, 0.5) is 8.78 Å². The van der Waals surface area contributed by atoms with E-state index in [4.69, 9.17) is 4.74 Å². The first-order valence-electron chi connectivity index (χ1n) is 12.7. The van der Waals surface area contributed by atoms with E-state index in [0.717, 1.165) is 12.1 Å². The van der Waals surface area contributed by atoms with Crippen molar-refractivity contribution in [3.8, 4) is 5.88 Å². The van der Waals surface area contributed by atoms with E-state index in [1.165, 1.54) is 22.9 Å². The molecule has 0 bridgehead atoms. The molecule has 7 nitrogen and oxygen atoms in total. The molecule has 10 heteroatoms. The van der Waals surface area contributed by atoms with Gasteiger partial charge >= 0.3 is 0 Å². The molecule has 0 radical (unpaired) electrons. The highest BCUT2D eigenvalue weighted by molar-refractivity contribution is 7.89. The first-order chi connectivity index (χ1) is 18.0. The van der Waals surface area contributed by atoms with Crippen LogP contribution in [0.2, 0.25) is 0 Å². The molecule has 2 aliphatic rings. The van der Waals surface area contributed by atoms with Gasteiger partial charge in [-0.3, -0.25) is 4.98 Å². The summed E-state index contributed by atoms with van der Waals surface area (Å²) in [4.78, 5) is 8.01. The molecule has 1 saturated carbocycles. The van der Waals surface area contributed by atoms with Crippen molar-refractivity contribution in [3.05, 3.63) is 89.4 Å². The molecule has 202 valence electrons. The average molecular weight is 544 g/mol. The van der Waals surface area contributed by atoms with E-state index in [2.05, 4.69) is 9.97 Å². The third-order valence-corrected chi connectivity index (χ3v) is 10.1. The lowest BCUT2D eigenvalue weighted by atomic mass is 9.57. The van der Waals surface area contributed by atoms with E-state index < -0.39 is 37.9 Å². The summed E-state index contributed by atoms with van der Waals surface area (Å²) in [5.74, 6) is -1.12. The zero-order valence-corrected chi connectivity index (χ0v) is 22.2. The van der Waals surface area contributed by atoms with Crippen LogP contribution in [0.15, 0.2) is 61.1 Å². The molecule has 1 N–H and O–H groups in total. The molecule has 1 aliphatic carbocycles. The van der Waals surface area contributed by atoms with Crippen LogP contribution in [0.1, 0.15) is 61.5 Å². The summed E-state index contributed by atoms with van der Waals surface area (Å²) in [5.41, 5.74) is -1.27. The third kappa shape index (κ3) is 5.04. The van der Waals surface area contributed by atoms with E-state index >= 15 is 8.78 Å². The van der Waals surface area contributed by atoms with Gasteiger partial charge < -0.3 is 9.84 Å². The molecular weight excluding hydrogens is 512 g/mol. The van der Waals surface area contributed by atoms with Crippen LogP contribution < -0.4 is 4.74 Å². The van der Waals surface area contributed by atoms with Crippen LogP contribution in [0.25, 0.3) is 0 Å². The Bertz CT molecular complexity index is 1400. The van der Waals surface area contributed by atoms with E-state index in [0.29, 0.717) is 18.4 Å². The van der Waals surface area contributed by atoms with Gasteiger partial charge in [0.1, 0.15) is 16.9 Å². The van der Waals surface area contributed by atoms with Gasteiger partial charge in [-0.05, 0) is 57.2 Å². The highest BCUT2D eigenvalue weighted by Crippen LogP contribution is 2.51. The van der Waals surface area contributed by atoms with Crippen molar-refractivity contribution in [3.63, 3.8) is 0 Å². The van der Waals surface area contributed by atoms with Crippen LogP contribution in [0.3, 0.4) is 0 Å². The lowest BCUT2D eigenvalue weighted by Gasteiger charge is -2.51. The molecule has 0 unspecified atom stereocenters. The van der Waals surface area contributed by atoms with Crippen molar-refractivity contribution in [2.24, 2.45) is 0 Å². The molecule has 2 aromatic carbocycles. The second-order valence-corrected chi connectivity index (χ2v) is 12.9. The van der Waals surface area contributed by atoms with Gasteiger partial charge in [-0.25, -0.2) is 22.2 Å². The molecule has 1 aromatic heterocycles. The fourth-order valence-electron chi connectivity index (χ4n) is 5.98. The van der Waals surface area contributed by atoms with Crippen molar-refractivity contribution in [1.82, 2.24) is 14.3 Å². The lowest BCUT2D eigenvalue weighted by molar-refractivity contribution is -0.0913. The lowest BCUT2D eigenvalue weighted by Crippen LogP contribution is -2.56. The fraction of sp³-hybridized carbons (Fsp3) is 0.429. The zero-order chi connectivity index (χ0) is 27.1. The first-order valence-corrected chi connectivity index (χ1v) is 14.2. The maximum absolute atomic E-state index is 15.6. The van der Waals surface area contributed by atoms with Crippen molar-refractivity contribution in [1.29, 1.82) is 0 Å². The summed E-state index contributed by atoms with van der Waals surface area (Å²) in [5, 5.41) is 9.74. The Morgan fingerprint density at radius 3 is 2.50 bits per heavy atom. The van der Waals surface area contributed by atoms with Crippen molar-refractivity contribution in [2.75, 3.05) is 6.61 Å². The summed E-state index contributed by atoms with van der Waals surface area (Å²) >= 11 is 0. The summed E-state index contributed by atoms with van der Waals surface area (Å²) < 4.78 is 65.3.